The van der Waals surface area contributed by atoms with Gasteiger partial charge in [0.2, 0.25) is 5.91 Å². The summed E-state index contributed by atoms with van der Waals surface area (Å²) in [6.45, 7) is 4.41. The van der Waals surface area contributed by atoms with Crippen molar-refractivity contribution in [1.82, 2.24) is 19.9 Å². The number of aromatic nitrogens is 3. The maximum absolute atomic E-state index is 13.0. The van der Waals surface area contributed by atoms with Crippen molar-refractivity contribution < 1.29 is 14.6 Å². The smallest absolute Gasteiger partial charge is 0.226 e. The zero-order valence-electron chi connectivity index (χ0n) is 18.6. The summed E-state index contributed by atoms with van der Waals surface area (Å²) < 4.78 is 8.19. The van der Waals surface area contributed by atoms with Gasteiger partial charge in [0.25, 0.3) is 0 Å². The molecule has 7 nitrogen and oxygen atoms in total. The lowest BCUT2D eigenvalue weighted by atomic mass is 9.92. The van der Waals surface area contributed by atoms with Crippen LogP contribution in [0.15, 0.2) is 47.1 Å². The van der Waals surface area contributed by atoms with Crippen molar-refractivity contribution in [3.63, 3.8) is 0 Å². The molecule has 3 heterocycles. The molecule has 3 aromatic rings. The highest BCUT2D eigenvalue weighted by Gasteiger charge is 2.36. The highest BCUT2D eigenvalue weighted by molar-refractivity contribution is 9.10. The van der Waals surface area contributed by atoms with Gasteiger partial charge in [0.15, 0.2) is 0 Å². The number of benzene rings is 2. The van der Waals surface area contributed by atoms with Gasteiger partial charge in [-0.15, -0.1) is 5.10 Å². The molecule has 5 rings (SSSR count). The Labute approximate surface area is 201 Å². The lowest BCUT2D eigenvalue weighted by Gasteiger charge is -2.24. The topological polar surface area (TPSA) is 80.5 Å². The summed E-state index contributed by atoms with van der Waals surface area (Å²) in [5.41, 5.74) is 4.83. The largest absolute Gasteiger partial charge is 0.383 e. The fourth-order valence-corrected chi connectivity index (χ4v) is 5.19. The lowest BCUT2D eigenvalue weighted by Crippen LogP contribution is -2.34. The summed E-state index contributed by atoms with van der Waals surface area (Å²) in [4.78, 5) is 14.9. The summed E-state index contributed by atoms with van der Waals surface area (Å²) in [5, 5.41) is 20.0. The highest BCUT2D eigenvalue weighted by atomic mass is 79.9. The first-order valence-electron chi connectivity index (χ1n) is 11.3. The number of hydrogen-bond donors (Lipinski definition) is 1. The number of likely N-dealkylation sites (tertiary alicyclic amines) is 1. The molecule has 1 N–H and O–H groups in total. The molecule has 0 saturated carbocycles. The van der Waals surface area contributed by atoms with Crippen molar-refractivity contribution in [3.05, 3.63) is 75.0 Å². The van der Waals surface area contributed by atoms with Crippen molar-refractivity contribution >= 4 is 21.8 Å². The molecular formula is C25H27BrN4O3. The zero-order valence-corrected chi connectivity index (χ0v) is 20.2. The molecule has 8 heteroatoms. The van der Waals surface area contributed by atoms with Gasteiger partial charge in [-0.3, -0.25) is 4.79 Å². The second-order valence-electron chi connectivity index (χ2n) is 9.02. The summed E-state index contributed by atoms with van der Waals surface area (Å²) >= 11 is 3.48. The predicted molar refractivity (Wildman–Crippen MR) is 127 cm³/mol. The van der Waals surface area contributed by atoms with Crippen molar-refractivity contribution in [2.75, 3.05) is 13.1 Å². The van der Waals surface area contributed by atoms with Crippen molar-refractivity contribution in [2.24, 2.45) is 0 Å². The van der Waals surface area contributed by atoms with E-state index in [2.05, 4.69) is 38.4 Å². The normalized spacial score (nSPS) is 20.5. The van der Waals surface area contributed by atoms with Crippen LogP contribution in [0.3, 0.4) is 0 Å². The lowest BCUT2D eigenvalue weighted by molar-refractivity contribution is -0.130. The number of halogens is 1. The van der Waals surface area contributed by atoms with Gasteiger partial charge in [-0.1, -0.05) is 39.3 Å². The van der Waals surface area contributed by atoms with E-state index in [0.717, 1.165) is 21.3 Å². The fraction of sp³-hybridized carbons (Fsp3) is 0.400. The number of aryl methyl sites for hydroxylation is 1. The third-order valence-corrected chi connectivity index (χ3v) is 7.18. The first-order valence-corrected chi connectivity index (χ1v) is 12.1. The molecule has 2 aliphatic heterocycles. The maximum Gasteiger partial charge on any atom is 0.226 e. The Morgan fingerprint density at radius 3 is 2.85 bits per heavy atom. The molecule has 33 heavy (non-hydrogen) atoms. The van der Waals surface area contributed by atoms with Crippen molar-refractivity contribution in [3.8, 4) is 5.69 Å². The van der Waals surface area contributed by atoms with E-state index in [4.69, 9.17) is 4.74 Å². The highest BCUT2D eigenvalue weighted by Crippen LogP contribution is 2.32. The second kappa shape index (κ2) is 9.00. The van der Waals surface area contributed by atoms with E-state index >= 15 is 0 Å². The van der Waals surface area contributed by atoms with Crippen LogP contribution >= 0.6 is 15.9 Å². The van der Waals surface area contributed by atoms with Crippen LogP contribution in [0.25, 0.3) is 5.69 Å². The number of amides is 1. The van der Waals surface area contributed by atoms with Crippen LogP contribution in [0.1, 0.15) is 47.2 Å². The zero-order chi connectivity index (χ0) is 23.0. The van der Waals surface area contributed by atoms with Crippen LogP contribution in [-0.4, -0.2) is 44.0 Å². The molecule has 1 saturated heterocycles. The Hall–Kier alpha value is -2.55. The summed E-state index contributed by atoms with van der Waals surface area (Å²) in [5.74, 6) is 0.0901. The molecule has 0 radical (unpaired) electrons. The van der Waals surface area contributed by atoms with Crippen LogP contribution in [-0.2, 0) is 34.8 Å². The van der Waals surface area contributed by atoms with Gasteiger partial charge in [0.1, 0.15) is 11.3 Å². The number of carbonyl (C=O) groups excluding carboxylic acids is 1. The van der Waals surface area contributed by atoms with E-state index in [1.54, 1.807) is 10.9 Å². The molecule has 1 aromatic heterocycles. The standard InChI is InChI=1S/C25H27BrN4O3/c1-17-11-21(26)5-6-22(17)30-14-23(27-28-30)25(32)7-2-9-29(10-8-25)24(31)13-18-3-4-19-15-33-16-20(19)12-18/h3-6,11-12,14,32H,2,7-10,13,15-16H2,1H3. The Kier molecular flexibility index (Phi) is 6.07. The van der Waals surface area contributed by atoms with Gasteiger partial charge in [0.05, 0.1) is 31.5 Å². The molecule has 1 amide bonds. The van der Waals surface area contributed by atoms with Gasteiger partial charge in [-0.05, 0) is 66.6 Å². The minimum atomic E-state index is -1.10. The molecule has 1 fully saturated rings. The van der Waals surface area contributed by atoms with Crippen molar-refractivity contribution in [1.29, 1.82) is 0 Å². The molecule has 0 bridgehead atoms. The van der Waals surface area contributed by atoms with Crippen LogP contribution in [0.5, 0.6) is 0 Å². The number of hydrogen-bond acceptors (Lipinski definition) is 5. The van der Waals surface area contributed by atoms with Gasteiger partial charge in [-0.25, -0.2) is 4.68 Å². The van der Waals surface area contributed by atoms with Crippen LogP contribution in [0, 0.1) is 6.92 Å². The maximum atomic E-state index is 13.0. The van der Waals surface area contributed by atoms with E-state index in [1.807, 2.05) is 36.1 Å². The Balaban J connectivity index is 1.26. The van der Waals surface area contributed by atoms with Crippen LogP contribution in [0.4, 0.5) is 0 Å². The van der Waals surface area contributed by atoms with E-state index in [1.165, 1.54) is 11.1 Å². The minimum Gasteiger partial charge on any atom is -0.383 e. The molecule has 172 valence electrons. The molecular weight excluding hydrogens is 484 g/mol. The average molecular weight is 511 g/mol. The molecule has 1 atom stereocenters. The average Bonchev–Trinajstić information content (AvgIpc) is 3.41. The molecule has 2 aromatic carbocycles. The van der Waals surface area contributed by atoms with Gasteiger partial charge >= 0.3 is 0 Å². The number of ether oxygens (including phenoxy) is 1. The van der Waals surface area contributed by atoms with E-state index < -0.39 is 5.60 Å². The molecule has 0 spiro atoms. The first-order chi connectivity index (χ1) is 15.9. The number of fused-ring (bicyclic) bond motifs is 1. The van der Waals surface area contributed by atoms with Crippen LogP contribution in [0.2, 0.25) is 0 Å². The molecule has 1 unspecified atom stereocenters. The Bertz CT molecular complexity index is 1190. The minimum absolute atomic E-state index is 0.0901. The van der Waals surface area contributed by atoms with Gasteiger partial charge in [-0.2, -0.15) is 0 Å². The molecule has 2 aliphatic rings. The Morgan fingerprint density at radius 2 is 2.00 bits per heavy atom. The summed E-state index contributed by atoms with van der Waals surface area (Å²) in [6.07, 6.45) is 3.87. The van der Waals surface area contributed by atoms with Gasteiger partial charge in [0, 0.05) is 17.6 Å². The monoisotopic (exact) mass is 510 g/mol. The third-order valence-electron chi connectivity index (χ3n) is 6.68. The third kappa shape index (κ3) is 4.60. The second-order valence-corrected chi connectivity index (χ2v) is 9.93. The molecule has 0 aliphatic carbocycles. The van der Waals surface area contributed by atoms with Crippen LogP contribution < -0.4 is 0 Å². The first kappa shape index (κ1) is 22.3. The number of carbonyl (C=O) groups is 1. The predicted octanol–water partition coefficient (Wildman–Crippen LogP) is 3.81. The van der Waals surface area contributed by atoms with E-state index in [0.29, 0.717) is 57.7 Å². The quantitative estimate of drug-likeness (QED) is 0.577. The fourth-order valence-electron chi connectivity index (χ4n) is 4.72. The van der Waals surface area contributed by atoms with Crippen molar-refractivity contribution in [2.45, 2.75) is 51.4 Å². The summed E-state index contributed by atoms with van der Waals surface area (Å²) in [7, 11) is 0. The van der Waals surface area contributed by atoms with E-state index in [9.17, 15) is 9.90 Å². The van der Waals surface area contributed by atoms with E-state index in [-0.39, 0.29) is 5.91 Å². The Morgan fingerprint density at radius 1 is 1.15 bits per heavy atom. The number of aliphatic hydroxyl groups is 1. The number of rotatable bonds is 4. The SMILES string of the molecule is Cc1cc(Br)ccc1-n1cc(C2(O)CCCN(C(=O)Cc3ccc4c(c3)COC4)CC2)nn1. The number of nitrogens with zero attached hydrogens (tertiary/aromatic N) is 4. The summed E-state index contributed by atoms with van der Waals surface area (Å²) in [6, 6.07) is 12.1. The van der Waals surface area contributed by atoms with Gasteiger partial charge < -0.3 is 14.7 Å².